The Morgan fingerprint density at radius 1 is 1.22 bits per heavy atom. The second kappa shape index (κ2) is 8.69. The summed E-state index contributed by atoms with van der Waals surface area (Å²) < 4.78 is 6.17. The Bertz CT molecular complexity index is 812. The summed E-state index contributed by atoms with van der Waals surface area (Å²) in [5.74, 6) is 0.552. The molecule has 2 amide bonds. The van der Waals surface area contributed by atoms with Gasteiger partial charge in [-0.2, -0.15) is 0 Å². The summed E-state index contributed by atoms with van der Waals surface area (Å²) in [6.07, 6.45) is 5.20. The number of ether oxygens (including phenoxy) is 1. The van der Waals surface area contributed by atoms with E-state index >= 15 is 0 Å². The van der Waals surface area contributed by atoms with Crippen LogP contribution in [-0.4, -0.2) is 29.9 Å². The van der Waals surface area contributed by atoms with Crippen LogP contribution in [0.2, 0.25) is 0 Å². The van der Waals surface area contributed by atoms with Gasteiger partial charge in [0.15, 0.2) is 5.13 Å². The van der Waals surface area contributed by atoms with Crippen molar-refractivity contribution in [3.05, 3.63) is 18.2 Å². The average molecular weight is 390 g/mol. The number of hydrogen-bond donors (Lipinski definition) is 2. The van der Waals surface area contributed by atoms with Crippen LogP contribution in [0.25, 0.3) is 10.2 Å². The number of carbonyl (C=O) groups is 2. The lowest BCUT2D eigenvalue weighted by atomic mass is 9.88. The van der Waals surface area contributed by atoms with Crippen molar-refractivity contribution >= 4 is 38.5 Å². The highest BCUT2D eigenvalue weighted by atomic mass is 32.1. The van der Waals surface area contributed by atoms with E-state index in [0.717, 1.165) is 41.6 Å². The molecule has 2 N–H and O–H groups in total. The van der Waals surface area contributed by atoms with Gasteiger partial charge in [0.05, 0.1) is 17.3 Å². The molecule has 1 aromatic heterocycles. The highest BCUT2D eigenvalue weighted by molar-refractivity contribution is 7.22. The predicted molar refractivity (Wildman–Crippen MR) is 108 cm³/mol. The third kappa shape index (κ3) is 4.77. The van der Waals surface area contributed by atoms with E-state index in [1.807, 2.05) is 32.0 Å². The first-order valence-corrected chi connectivity index (χ1v) is 10.4. The lowest BCUT2D eigenvalue weighted by molar-refractivity contribution is -0.130. The van der Waals surface area contributed by atoms with Gasteiger partial charge in [0.1, 0.15) is 11.8 Å². The van der Waals surface area contributed by atoms with Gasteiger partial charge in [-0.05, 0) is 37.0 Å². The van der Waals surface area contributed by atoms with Crippen LogP contribution in [0, 0.1) is 11.8 Å². The van der Waals surface area contributed by atoms with Gasteiger partial charge in [0, 0.05) is 5.92 Å². The monoisotopic (exact) mass is 389 g/mol. The van der Waals surface area contributed by atoms with Crippen LogP contribution in [0.15, 0.2) is 18.2 Å². The second-order valence-corrected chi connectivity index (χ2v) is 8.44. The van der Waals surface area contributed by atoms with Crippen LogP contribution >= 0.6 is 11.3 Å². The zero-order valence-corrected chi connectivity index (χ0v) is 16.9. The number of carbonyl (C=O) groups excluding carboxylic acids is 2. The van der Waals surface area contributed by atoms with Gasteiger partial charge in [0.25, 0.3) is 0 Å². The molecule has 0 spiro atoms. The molecule has 1 aliphatic carbocycles. The predicted octanol–water partition coefficient (Wildman–Crippen LogP) is 3.96. The number of hydrogen-bond acceptors (Lipinski definition) is 5. The van der Waals surface area contributed by atoms with E-state index in [4.69, 9.17) is 4.74 Å². The first-order valence-electron chi connectivity index (χ1n) is 9.53. The van der Waals surface area contributed by atoms with E-state index in [1.165, 1.54) is 17.8 Å². The topological polar surface area (TPSA) is 80.3 Å². The van der Waals surface area contributed by atoms with Crippen LogP contribution in [0.5, 0.6) is 5.75 Å². The van der Waals surface area contributed by atoms with E-state index in [0.29, 0.717) is 5.13 Å². The molecule has 1 saturated carbocycles. The molecule has 27 heavy (non-hydrogen) atoms. The molecule has 1 aromatic carbocycles. The normalized spacial score (nSPS) is 16.3. The summed E-state index contributed by atoms with van der Waals surface area (Å²) in [7, 11) is 1.62. The Labute approximate surface area is 163 Å². The van der Waals surface area contributed by atoms with Gasteiger partial charge in [-0.1, -0.05) is 44.4 Å². The molecule has 0 unspecified atom stereocenters. The lowest BCUT2D eigenvalue weighted by Gasteiger charge is -2.26. The molecule has 1 fully saturated rings. The molecule has 0 bridgehead atoms. The highest BCUT2D eigenvalue weighted by Gasteiger charge is 2.29. The fourth-order valence-corrected chi connectivity index (χ4v) is 4.34. The summed E-state index contributed by atoms with van der Waals surface area (Å²) in [6.45, 7) is 3.88. The number of anilines is 1. The first kappa shape index (κ1) is 19.6. The lowest BCUT2D eigenvalue weighted by Crippen LogP contribution is -2.49. The van der Waals surface area contributed by atoms with E-state index in [-0.39, 0.29) is 23.7 Å². The number of nitrogens with one attached hydrogen (secondary N) is 2. The maximum Gasteiger partial charge on any atom is 0.248 e. The molecule has 1 aliphatic rings. The Hall–Kier alpha value is -2.15. The molecular formula is C20H27N3O3S. The quantitative estimate of drug-likeness (QED) is 0.783. The minimum Gasteiger partial charge on any atom is -0.497 e. The Morgan fingerprint density at radius 3 is 2.63 bits per heavy atom. The summed E-state index contributed by atoms with van der Waals surface area (Å²) >= 11 is 1.40. The van der Waals surface area contributed by atoms with Crippen LogP contribution < -0.4 is 15.4 Å². The fraction of sp³-hybridized carbons (Fsp3) is 0.550. The summed E-state index contributed by atoms with van der Waals surface area (Å²) in [5, 5.41) is 6.36. The minimum atomic E-state index is -0.569. The Kier molecular flexibility index (Phi) is 6.31. The van der Waals surface area contributed by atoms with E-state index in [9.17, 15) is 9.59 Å². The largest absolute Gasteiger partial charge is 0.497 e. The maximum absolute atomic E-state index is 12.8. The molecule has 0 radical (unpaired) electrons. The maximum atomic E-state index is 12.8. The van der Waals surface area contributed by atoms with Crippen LogP contribution in [-0.2, 0) is 9.59 Å². The fourth-order valence-electron chi connectivity index (χ4n) is 3.44. The average Bonchev–Trinajstić information content (AvgIpc) is 3.07. The number of aromatic nitrogens is 1. The van der Waals surface area contributed by atoms with E-state index in [2.05, 4.69) is 15.6 Å². The molecular weight excluding hydrogens is 362 g/mol. The zero-order chi connectivity index (χ0) is 19.4. The Morgan fingerprint density at radius 2 is 1.96 bits per heavy atom. The molecule has 6 nitrogen and oxygen atoms in total. The van der Waals surface area contributed by atoms with Crippen molar-refractivity contribution in [3.63, 3.8) is 0 Å². The van der Waals surface area contributed by atoms with Gasteiger partial charge >= 0.3 is 0 Å². The number of amides is 2. The van der Waals surface area contributed by atoms with Gasteiger partial charge in [-0.15, -0.1) is 0 Å². The van der Waals surface area contributed by atoms with Gasteiger partial charge in [0.2, 0.25) is 11.8 Å². The van der Waals surface area contributed by atoms with Crippen LogP contribution in [0.1, 0.15) is 46.0 Å². The third-order valence-corrected chi connectivity index (χ3v) is 5.98. The van der Waals surface area contributed by atoms with Gasteiger partial charge in [-0.3, -0.25) is 9.59 Å². The highest BCUT2D eigenvalue weighted by Crippen LogP contribution is 2.29. The number of rotatable bonds is 6. The van der Waals surface area contributed by atoms with E-state index in [1.54, 1.807) is 7.11 Å². The number of thiazole rings is 1. The molecule has 1 atom stereocenters. The minimum absolute atomic E-state index is 0.00223. The van der Waals surface area contributed by atoms with Crippen molar-refractivity contribution in [1.29, 1.82) is 0 Å². The molecule has 1 heterocycles. The number of nitrogens with zero attached hydrogens (tertiary/aromatic N) is 1. The Balaban J connectivity index is 1.68. The van der Waals surface area contributed by atoms with Crippen molar-refractivity contribution in [2.24, 2.45) is 11.8 Å². The smallest absolute Gasteiger partial charge is 0.248 e. The summed E-state index contributed by atoms with van der Waals surface area (Å²) in [5.41, 5.74) is 0.809. The van der Waals surface area contributed by atoms with Gasteiger partial charge in [-0.25, -0.2) is 4.98 Å². The molecule has 146 valence electrons. The molecule has 0 aliphatic heterocycles. The van der Waals surface area contributed by atoms with Crippen molar-refractivity contribution in [2.75, 3.05) is 12.4 Å². The van der Waals surface area contributed by atoms with Crippen molar-refractivity contribution in [2.45, 2.75) is 52.0 Å². The van der Waals surface area contributed by atoms with Crippen molar-refractivity contribution in [1.82, 2.24) is 10.3 Å². The number of fused-ring (bicyclic) bond motifs is 1. The molecule has 7 heteroatoms. The third-order valence-electron chi connectivity index (χ3n) is 5.05. The first-order chi connectivity index (χ1) is 13.0. The summed E-state index contributed by atoms with van der Waals surface area (Å²) in [6, 6.07) is 5.04. The summed E-state index contributed by atoms with van der Waals surface area (Å²) in [4.78, 5) is 29.8. The second-order valence-electron chi connectivity index (χ2n) is 7.41. The van der Waals surface area contributed by atoms with Crippen LogP contribution in [0.4, 0.5) is 5.13 Å². The standard InChI is InChI=1S/C20H27N3O3S/c1-12(2)17(22-18(24)13-7-5-4-6-8-13)19(25)23-20-21-15-10-9-14(26-3)11-16(15)27-20/h9-13,17H,4-8H2,1-3H3,(H,22,24)(H,21,23,25)/t17-/m1/s1. The molecule has 2 aromatic rings. The molecule has 0 saturated heterocycles. The SMILES string of the molecule is COc1ccc2nc(NC(=O)[C@H](NC(=O)C3CCCCC3)C(C)C)sc2c1. The molecule has 3 rings (SSSR count). The number of methoxy groups -OCH3 is 1. The number of benzene rings is 1. The zero-order valence-electron chi connectivity index (χ0n) is 16.1. The van der Waals surface area contributed by atoms with E-state index < -0.39 is 6.04 Å². The van der Waals surface area contributed by atoms with Crippen molar-refractivity contribution in [3.8, 4) is 5.75 Å². The van der Waals surface area contributed by atoms with Crippen molar-refractivity contribution < 1.29 is 14.3 Å². The van der Waals surface area contributed by atoms with Gasteiger partial charge < -0.3 is 15.4 Å². The van der Waals surface area contributed by atoms with Crippen LogP contribution in [0.3, 0.4) is 0 Å².